The Morgan fingerprint density at radius 2 is 1.69 bits per heavy atom. The van der Waals surface area contributed by atoms with Gasteiger partial charge in [-0.1, -0.05) is 11.8 Å². The molecule has 3 aromatic rings. The summed E-state index contributed by atoms with van der Waals surface area (Å²) < 4.78 is 20.9. The van der Waals surface area contributed by atoms with Crippen molar-refractivity contribution in [3.8, 4) is 17.2 Å². The van der Waals surface area contributed by atoms with Crippen molar-refractivity contribution in [2.75, 3.05) is 32.4 Å². The van der Waals surface area contributed by atoms with Gasteiger partial charge in [0.15, 0.2) is 0 Å². The lowest BCUT2D eigenvalue weighted by atomic mass is 10.2. The molecule has 32 heavy (non-hydrogen) atoms. The van der Waals surface area contributed by atoms with Gasteiger partial charge in [-0.15, -0.1) is 10.2 Å². The standard InChI is InChI=1S/C21H22N4O6S/c1-28-14-6-4-13(5-7-14)20(27)22-11-19-24-25-21(31-19)32-12-18(26)23-16-9-8-15(29-2)10-17(16)30-3/h4-10H,11-12H2,1-3H3,(H,22,27)(H,23,26). The molecule has 0 aliphatic heterocycles. The minimum atomic E-state index is -0.284. The molecule has 0 saturated carbocycles. The van der Waals surface area contributed by atoms with Gasteiger partial charge in [0.1, 0.15) is 17.2 Å². The van der Waals surface area contributed by atoms with Crippen LogP contribution in [-0.2, 0) is 11.3 Å². The number of benzene rings is 2. The molecule has 2 amide bonds. The lowest BCUT2D eigenvalue weighted by Crippen LogP contribution is -2.22. The third-order valence-corrected chi connectivity index (χ3v) is 5.03. The van der Waals surface area contributed by atoms with Crippen LogP contribution < -0.4 is 24.8 Å². The number of nitrogens with one attached hydrogen (secondary N) is 2. The van der Waals surface area contributed by atoms with Crippen molar-refractivity contribution in [2.24, 2.45) is 0 Å². The van der Waals surface area contributed by atoms with Crippen LogP contribution in [0.3, 0.4) is 0 Å². The molecular formula is C21H22N4O6S. The van der Waals surface area contributed by atoms with Crippen LogP contribution in [0.15, 0.2) is 52.1 Å². The minimum Gasteiger partial charge on any atom is -0.497 e. The number of carbonyl (C=O) groups excluding carboxylic acids is 2. The Hall–Kier alpha value is -3.73. The summed E-state index contributed by atoms with van der Waals surface area (Å²) in [6, 6.07) is 11.8. The molecule has 3 rings (SSSR count). The second-order valence-electron chi connectivity index (χ2n) is 6.28. The predicted octanol–water partition coefficient (Wildman–Crippen LogP) is 2.76. The molecule has 0 radical (unpaired) electrons. The maximum absolute atomic E-state index is 12.3. The monoisotopic (exact) mass is 458 g/mol. The molecule has 1 heterocycles. The van der Waals surface area contributed by atoms with Crippen LogP contribution >= 0.6 is 11.8 Å². The van der Waals surface area contributed by atoms with Crippen LogP contribution in [0, 0.1) is 0 Å². The normalized spacial score (nSPS) is 10.3. The molecule has 0 aliphatic carbocycles. The quantitative estimate of drug-likeness (QED) is 0.441. The summed E-state index contributed by atoms with van der Waals surface area (Å²) in [4.78, 5) is 24.4. The molecule has 0 saturated heterocycles. The van der Waals surface area contributed by atoms with Gasteiger partial charge in [0.2, 0.25) is 11.8 Å². The zero-order valence-electron chi connectivity index (χ0n) is 17.7. The summed E-state index contributed by atoms with van der Waals surface area (Å²) in [6.07, 6.45) is 0. The van der Waals surface area contributed by atoms with E-state index in [9.17, 15) is 9.59 Å². The number of aromatic nitrogens is 2. The number of thioether (sulfide) groups is 1. The topological polar surface area (TPSA) is 125 Å². The first-order chi connectivity index (χ1) is 15.5. The average Bonchev–Trinajstić information content (AvgIpc) is 3.29. The lowest BCUT2D eigenvalue weighted by molar-refractivity contribution is -0.113. The number of amides is 2. The largest absolute Gasteiger partial charge is 0.497 e. The summed E-state index contributed by atoms with van der Waals surface area (Å²) in [5.41, 5.74) is 0.997. The maximum Gasteiger partial charge on any atom is 0.277 e. The van der Waals surface area contributed by atoms with Gasteiger partial charge in [0.05, 0.1) is 39.3 Å². The van der Waals surface area contributed by atoms with Crippen molar-refractivity contribution in [1.29, 1.82) is 0 Å². The number of ether oxygens (including phenoxy) is 3. The zero-order valence-corrected chi connectivity index (χ0v) is 18.5. The van der Waals surface area contributed by atoms with E-state index in [4.69, 9.17) is 18.6 Å². The van der Waals surface area contributed by atoms with Gasteiger partial charge in [-0.2, -0.15) is 0 Å². The van der Waals surface area contributed by atoms with Crippen molar-refractivity contribution in [2.45, 2.75) is 11.8 Å². The fourth-order valence-corrected chi connectivity index (χ4v) is 3.16. The van der Waals surface area contributed by atoms with E-state index in [-0.39, 0.29) is 35.2 Å². The summed E-state index contributed by atoms with van der Waals surface area (Å²) in [5, 5.41) is 13.4. The second-order valence-corrected chi connectivity index (χ2v) is 7.20. The summed E-state index contributed by atoms with van der Waals surface area (Å²) >= 11 is 1.08. The van der Waals surface area contributed by atoms with E-state index in [1.165, 1.54) is 7.11 Å². The Bertz CT molecular complexity index is 1070. The Morgan fingerprint density at radius 3 is 2.38 bits per heavy atom. The van der Waals surface area contributed by atoms with Gasteiger partial charge < -0.3 is 29.3 Å². The first-order valence-corrected chi connectivity index (χ1v) is 10.4. The average molecular weight is 458 g/mol. The molecule has 0 unspecified atom stereocenters. The number of hydrogen-bond donors (Lipinski definition) is 2. The summed E-state index contributed by atoms with van der Waals surface area (Å²) in [7, 11) is 4.61. The third kappa shape index (κ3) is 6.14. The van der Waals surface area contributed by atoms with Crippen LogP contribution in [0.1, 0.15) is 16.2 Å². The molecule has 11 heteroatoms. The van der Waals surface area contributed by atoms with Crippen molar-refractivity contribution in [3.63, 3.8) is 0 Å². The highest BCUT2D eigenvalue weighted by atomic mass is 32.2. The number of anilines is 1. The molecular weight excluding hydrogens is 436 g/mol. The molecule has 0 fully saturated rings. The summed E-state index contributed by atoms with van der Waals surface area (Å²) in [5.74, 6) is 1.48. The molecule has 0 bridgehead atoms. The van der Waals surface area contributed by atoms with Gasteiger partial charge in [-0.25, -0.2) is 0 Å². The predicted molar refractivity (Wildman–Crippen MR) is 117 cm³/mol. The van der Waals surface area contributed by atoms with Gasteiger partial charge in [0.25, 0.3) is 11.1 Å². The molecule has 10 nitrogen and oxygen atoms in total. The van der Waals surface area contributed by atoms with Crippen LogP contribution in [0.2, 0.25) is 0 Å². The van der Waals surface area contributed by atoms with Gasteiger partial charge in [-0.05, 0) is 36.4 Å². The molecule has 0 atom stereocenters. The minimum absolute atomic E-state index is 0.0506. The van der Waals surface area contributed by atoms with Crippen molar-refractivity contribution < 1.29 is 28.2 Å². The van der Waals surface area contributed by atoms with Crippen molar-refractivity contribution in [3.05, 3.63) is 53.9 Å². The van der Waals surface area contributed by atoms with Crippen molar-refractivity contribution in [1.82, 2.24) is 15.5 Å². The van der Waals surface area contributed by atoms with E-state index in [1.807, 2.05) is 0 Å². The summed E-state index contributed by atoms with van der Waals surface area (Å²) in [6.45, 7) is 0.0632. The fourth-order valence-electron chi connectivity index (χ4n) is 2.58. The Balaban J connectivity index is 1.47. The Labute approximate surface area is 188 Å². The van der Waals surface area contributed by atoms with E-state index < -0.39 is 0 Å². The number of nitrogens with zero attached hydrogens (tertiary/aromatic N) is 2. The molecule has 2 aromatic carbocycles. The third-order valence-electron chi connectivity index (χ3n) is 4.21. The van der Waals surface area contributed by atoms with Crippen molar-refractivity contribution >= 4 is 29.3 Å². The molecule has 0 aliphatic rings. The van der Waals surface area contributed by atoms with E-state index in [2.05, 4.69) is 20.8 Å². The van der Waals surface area contributed by atoms with Crippen LogP contribution in [0.25, 0.3) is 0 Å². The number of rotatable bonds is 10. The number of methoxy groups -OCH3 is 3. The van der Waals surface area contributed by atoms with Crippen LogP contribution in [-0.4, -0.2) is 49.1 Å². The number of carbonyl (C=O) groups is 2. The highest BCUT2D eigenvalue weighted by molar-refractivity contribution is 7.99. The van der Waals surface area contributed by atoms with E-state index in [0.29, 0.717) is 28.5 Å². The van der Waals surface area contributed by atoms with E-state index >= 15 is 0 Å². The second kappa shape index (κ2) is 11.0. The van der Waals surface area contributed by atoms with E-state index in [1.54, 1.807) is 56.7 Å². The molecule has 168 valence electrons. The van der Waals surface area contributed by atoms with E-state index in [0.717, 1.165) is 11.8 Å². The molecule has 0 spiro atoms. The lowest BCUT2D eigenvalue weighted by Gasteiger charge is -2.11. The van der Waals surface area contributed by atoms with Gasteiger partial charge in [0, 0.05) is 11.6 Å². The smallest absolute Gasteiger partial charge is 0.277 e. The molecule has 2 N–H and O–H groups in total. The Morgan fingerprint density at radius 1 is 0.969 bits per heavy atom. The van der Waals surface area contributed by atoms with Crippen LogP contribution in [0.4, 0.5) is 5.69 Å². The maximum atomic E-state index is 12.3. The highest BCUT2D eigenvalue weighted by Gasteiger charge is 2.13. The fraction of sp³-hybridized carbons (Fsp3) is 0.238. The SMILES string of the molecule is COc1ccc(C(=O)NCc2nnc(SCC(=O)Nc3ccc(OC)cc3OC)o2)cc1. The highest BCUT2D eigenvalue weighted by Crippen LogP contribution is 2.29. The Kier molecular flexibility index (Phi) is 7.92. The zero-order chi connectivity index (χ0) is 22.9. The first kappa shape index (κ1) is 22.9. The van der Waals surface area contributed by atoms with Crippen LogP contribution in [0.5, 0.6) is 17.2 Å². The van der Waals surface area contributed by atoms with Gasteiger partial charge >= 0.3 is 0 Å². The molecule has 1 aromatic heterocycles. The number of hydrogen-bond acceptors (Lipinski definition) is 9. The van der Waals surface area contributed by atoms with Gasteiger partial charge in [-0.3, -0.25) is 9.59 Å². The first-order valence-electron chi connectivity index (χ1n) is 9.41.